The topological polar surface area (TPSA) is 60.3 Å². The first-order valence-electron chi connectivity index (χ1n) is 7.86. The monoisotopic (exact) mass is 342 g/mol. The SMILES string of the molecule is Cc1ccc(S(=O)(=O)n2ccc3c4c(ccc32)OCCNC4)cc1. The third-order valence-electron chi connectivity index (χ3n) is 4.32. The lowest BCUT2D eigenvalue weighted by molar-refractivity contribution is 0.326. The molecule has 124 valence electrons. The van der Waals surface area contributed by atoms with Crippen LogP contribution in [0.25, 0.3) is 10.9 Å². The van der Waals surface area contributed by atoms with E-state index >= 15 is 0 Å². The summed E-state index contributed by atoms with van der Waals surface area (Å²) in [5.41, 5.74) is 2.70. The van der Waals surface area contributed by atoms with E-state index in [2.05, 4.69) is 5.32 Å². The molecule has 0 radical (unpaired) electrons. The Morgan fingerprint density at radius 2 is 1.88 bits per heavy atom. The molecule has 0 atom stereocenters. The van der Waals surface area contributed by atoms with Crippen molar-refractivity contribution < 1.29 is 13.2 Å². The van der Waals surface area contributed by atoms with Gasteiger partial charge >= 0.3 is 0 Å². The number of hydrogen-bond acceptors (Lipinski definition) is 4. The molecule has 0 amide bonds. The van der Waals surface area contributed by atoms with E-state index in [1.165, 1.54) is 3.97 Å². The Balaban J connectivity index is 1.89. The number of rotatable bonds is 2. The van der Waals surface area contributed by atoms with E-state index in [0.29, 0.717) is 18.7 Å². The van der Waals surface area contributed by atoms with Gasteiger partial charge in [-0.05, 0) is 37.3 Å². The lowest BCUT2D eigenvalue weighted by Crippen LogP contribution is -2.16. The summed E-state index contributed by atoms with van der Waals surface area (Å²) in [5, 5.41) is 4.20. The minimum atomic E-state index is -3.62. The van der Waals surface area contributed by atoms with Crippen molar-refractivity contribution in [2.75, 3.05) is 13.2 Å². The normalized spacial score (nSPS) is 14.9. The maximum Gasteiger partial charge on any atom is 0.268 e. The molecule has 1 N–H and O–H groups in total. The Morgan fingerprint density at radius 3 is 2.67 bits per heavy atom. The average molecular weight is 342 g/mol. The minimum Gasteiger partial charge on any atom is -0.492 e. The summed E-state index contributed by atoms with van der Waals surface area (Å²) in [6.45, 7) is 3.99. The number of nitrogens with one attached hydrogen (secondary N) is 1. The van der Waals surface area contributed by atoms with E-state index in [1.807, 2.05) is 37.3 Å². The molecule has 1 aliphatic rings. The van der Waals surface area contributed by atoms with Crippen LogP contribution in [0, 0.1) is 6.92 Å². The summed E-state index contributed by atoms with van der Waals surface area (Å²) in [6, 6.07) is 12.4. The molecule has 4 rings (SSSR count). The van der Waals surface area contributed by atoms with Gasteiger partial charge in [0.15, 0.2) is 0 Å². The molecule has 0 saturated heterocycles. The average Bonchev–Trinajstić information content (AvgIpc) is 2.87. The molecule has 24 heavy (non-hydrogen) atoms. The van der Waals surface area contributed by atoms with E-state index in [-0.39, 0.29) is 4.90 Å². The first-order valence-corrected chi connectivity index (χ1v) is 9.30. The number of nitrogens with zero attached hydrogens (tertiary/aromatic N) is 1. The number of ether oxygens (including phenoxy) is 1. The zero-order valence-electron chi connectivity index (χ0n) is 13.3. The van der Waals surface area contributed by atoms with E-state index in [1.54, 1.807) is 18.3 Å². The minimum absolute atomic E-state index is 0.287. The quantitative estimate of drug-likeness (QED) is 0.778. The maximum absolute atomic E-state index is 13.0. The van der Waals surface area contributed by atoms with Crippen LogP contribution in [0.1, 0.15) is 11.1 Å². The number of benzene rings is 2. The zero-order chi connectivity index (χ0) is 16.7. The number of aromatic nitrogens is 1. The highest BCUT2D eigenvalue weighted by atomic mass is 32.2. The van der Waals surface area contributed by atoms with Crippen LogP contribution >= 0.6 is 0 Å². The molecular weight excluding hydrogens is 324 g/mol. The summed E-state index contributed by atoms with van der Waals surface area (Å²) in [7, 11) is -3.62. The molecule has 0 unspecified atom stereocenters. The Hall–Kier alpha value is -2.31. The van der Waals surface area contributed by atoms with E-state index in [0.717, 1.165) is 28.8 Å². The molecule has 2 heterocycles. The highest BCUT2D eigenvalue weighted by molar-refractivity contribution is 7.90. The van der Waals surface area contributed by atoms with Crippen molar-refractivity contribution >= 4 is 20.9 Å². The van der Waals surface area contributed by atoms with Crippen molar-refractivity contribution in [2.24, 2.45) is 0 Å². The fourth-order valence-electron chi connectivity index (χ4n) is 3.03. The van der Waals surface area contributed by atoms with Crippen molar-refractivity contribution in [3.8, 4) is 5.75 Å². The highest BCUT2D eigenvalue weighted by Gasteiger charge is 2.21. The summed E-state index contributed by atoms with van der Waals surface area (Å²) in [4.78, 5) is 0.287. The third kappa shape index (κ3) is 2.39. The standard InChI is InChI=1S/C18H18N2O3S/c1-13-2-4-14(5-3-13)24(21,22)20-10-8-15-16-12-19-9-11-23-18(16)7-6-17(15)20/h2-8,10,19H,9,11-12H2,1H3. The zero-order valence-corrected chi connectivity index (χ0v) is 14.1. The van der Waals surface area contributed by atoms with Gasteiger partial charge < -0.3 is 10.1 Å². The van der Waals surface area contributed by atoms with Gasteiger partial charge in [0, 0.05) is 30.2 Å². The van der Waals surface area contributed by atoms with Crippen molar-refractivity contribution in [3.63, 3.8) is 0 Å². The molecule has 3 aromatic rings. The second-order valence-electron chi connectivity index (χ2n) is 5.93. The van der Waals surface area contributed by atoms with Gasteiger partial charge in [0.1, 0.15) is 12.4 Å². The van der Waals surface area contributed by atoms with Crippen LogP contribution in [0.5, 0.6) is 5.75 Å². The van der Waals surface area contributed by atoms with Crippen LogP contribution in [0.2, 0.25) is 0 Å². The van der Waals surface area contributed by atoms with Crippen LogP contribution < -0.4 is 10.1 Å². The van der Waals surface area contributed by atoms with Gasteiger partial charge in [0.25, 0.3) is 10.0 Å². The molecule has 0 spiro atoms. The van der Waals surface area contributed by atoms with Gasteiger partial charge in [0.05, 0.1) is 10.4 Å². The van der Waals surface area contributed by atoms with Crippen LogP contribution in [-0.2, 0) is 16.6 Å². The van der Waals surface area contributed by atoms with Crippen LogP contribution in [0.15, 0.2) is 53.6 Å². The van der Waals surface area contributed by atoms with Gasteiger partial charge in [-0.15, -0.1) is 0 Å². The van der Waals surface area contributed by atoms with Crippen LogP contribution in [-0.4, -0.2) is 25.5 Å². The first-order chi connectivity index (χ1) is 11.6. The summed E-state index contributed by atoms with van der Waals surface area (Å²) in [6.07, 6.45) is 1.62. The summed E-state index contributed by atoms with van der Waals surface area (Å²) in [5.74, 6) is 0.818. The lowest BCUT2D eigenvalue weighted by Gasteiger charge is -2.11. The largest absolute Gasteiger partial charge is 0.492 e. The molecule has 5 nitrogen and oxygen atoms in total. The van der Waals surface area contributed by atoms with E-state index in [9.17, 15) is 8.42 Å². The first kappa shape index (κ1) is 15.2. The molecule has 2 aromatic carbocycles. The Kier molecular flexibility index (Phi) is 3.58. The molecule has 1 aliphatic heterocycles. The van der Waals surface area contributed by atoms with E-state index < -0.39 is 10.0 Å². The van der Waals surface area contributed by atoms with Gasteiger partial charge in [-0.3, -0.25) is 0 Å². The summed E-state index contributed by atoms with van der Waals surface area (Å²) < 4.78 is 33.0. The Bertz CT molecular complexity index is 1000. The van der Waals surface area contributed by atoms with Crippen molar-refractivity contribution in [1.82, 2.24) is 9.29 Å². The fourth-order valence-corrected chi connectivity index (χ4v) is 4.38. The number of fused-ring (bicyclic) bond motifs is 3. The molecule has 6 heteroatoms. The smallest absolute Gasteiger partial charge is 0.268 e. The molecule has 0 bridgehead atoms. The van der Waals surface area contributed by atoms with Crippen LogP contribution in [0.4, 0.5) is 0 Å². The van der Waals surface area contributed by atoms with Gasteiger partial charge in [-0.25, -0.2) is 12.4 Å². The lowest BCUT2D eigenvalue weighted by atomic mass is 10.1. The van der Waals surface area contributed by atoms with Crippen LogP contribution in [0.3, 0.4) is 0 Å². The predicted octanol–water partition coefficient (Wildman–Crippen LogP) is 2.67. The number of hydrogen-bond donors (Lipinski definition) is 1. The second kappa shape index (κ2) is 5.65. The fraction of sp³-hybridized carbons (Fsp3) is 0.222. The van der Waals surface area contributed by atoms with Crippen molar-refractivity contribution in [3.05, 3.63) is 59.8 Å². The van der Waals surface area contributed by atoms with E-state index in [4.69, 9.17) is 4.74 Å². The third-order valence-corrected chi connectivity index (χ3v) is 6.03. The molecule has 0 aliphatic carbocycles. The van der Waals surface area contributed by atoms with Crippen molar-refractivity contribution in [1.29, 1.82) is 0 Å². The van der Waals surface area contributed by atoms with Gasteiger partial charge in [-0.1, -0.05) is 17.7 Å². The summed E-state index contributed by atoms with van der Waals surface area (Å²) >= 11 is 0. The molecule has 1 aromatic heterocycles. The van der Waals surface area contributed by atoms with Gasteiger partial charge in [-0.2, -0.15) is 0 Å². The highest BCUT2D eigenvalue weighted by Crippen LogP contribution is 2.31. The van der Waals surface area contributed by atoms with Gasteiger partial charge in [0.2, 0.25) is 0 Å². The van der Waals surface area contributed by atoms with Crippen molar-refractivity contribution in [2.45, 2.75) is 18.4 Å². The second-order valence-corrected chi connectivity index (χ2v) is 7.74. The Labute approximate surface area is 140 Å². The maximum atomic E-state index is 13.0. The predicted molar refractivity (Wildman–Crippen MR) is 92.9 cm³/mol. The molecule has 0 fully saturated rings. The Morgan fingerprint density at radius 1 is 1.08 bits per heavy atom. The number of aryl methyl sites for hydroxylation is 1. The molecular formula is C18H18N2O3S. The molecule has 0 saturated carbocycles.